The van der Waals surface area contributed by atoms with E-state index < -0.39 is 0 Å². The molecule has 0 fully saturated rings. The molecular weight excluding hydrogens is 1080 g/mol. The average Bonchev–Trinajstić information content (AvgIpc) is 0.805. The molecule has 0 amide bonds. The first kappa shape index (κ1) is 54.8. The summed E-state index contributed by atoms with van der Waals surface area (Å²) in [5.74, 6) is 3.75. The number of anilines is 6. The molecule has 0 bridgehead atoms. The fourth-order valence-corrected chi connectivity index (χ4v) is 11.5. The minimum absolute atomic E-state index is 0.248. The van der Waals surface area contributed by atoms with Gasteiger partial charge in [-0.1, -0.05) is 272 Å². The van der Waals surface area contributed by atoms with Crippen molar-refractivity contribution in [3.8, 4) is 102 Å². The van der Waals surface area contributed by atoms with E-state index in [-0.39, 0.29) is 10.8 Å². The van der Waals surface area contributed by atoms with Crippen LogP contribution in [0.2, 0.25) is 0 Å². The van der Waals surface area contributed by atoms with Crippen molar-refractivity contribution < 1.29 is 0 Å². The largest absolute Gasteiger partial charge is 0.306 e. The van der Waals surface area contributed by atoms with Crippen LogP contribution in [0.15, 0.2) is 267 Å². The minimum Gasteiger partial charge on any atom is -0.306 e. The molecule has 0 atom stereocenters. The lowest BCUT2D eigenvalue weighted by Gasteiger charge is -2.40. The first-order valence-electron chi connectivity index (χ1n) is 29.8. The number of nitrogens with zero attached hydrogens (tertiary/aromatic N) is 10. The highest BCUT2D eigenvalue weighted by Gasteiger charge is 2.36. The lowest BCUT2D eigenvalue weighted by atomic mass is 9.77. The molecular formula is C78H62N10. The van der Waals surface area contributed by atoms with Crippen LogP contribution >= 0.6 is 0 Å². The van der Waals surface area contributed by atoms with Crippen LogP contribution in [0.5, 0.6) is 0 Å². The Bertz CT molecular complexity index is 4430. The van der Waals surface area contributed by atoms with E-state index in [9.17, 15) is 0 Å². The number of benzene rings is 10. The van der Waals surface area contributed by atoms with Crippen molar-refractivity contribution in [1.82, 2.24) is 39.9 Å². The Morgan fingerprint density at radius 1 is 0.239 bits per heavy atom. The number of hydrogen-bond acceptors (Lipinski definition) is 10. The maximum atomic E-state index is 5.68. The zero-order chi connectivity index (χ0) is 59.9. The highest BCUT2D eigenvalue weighted by molar-refractivity contribution is 6.07. The number of aromatic nitrogens is 8. The first-order valence-corrected chi connectivity index (χ1v) is 29.8. The molecule has 3 aromatic heterocycles. The van der Waals surface area contributed by atoms with Crippen LogP contribution in [0.1, 0.15) is 52.7 Å². The zero-order valence-electron chi connectivity index (χ0n) is 49.9. The molecule has 1 aliphatic rings. The van der Waals surface area contributed by atoms with Crippen molar-refractivity contribution in [1.29, 1.82) is 0 Å². The molecule has 13 aromatic rings. The second-order valence-corrected chi connectivity index (χ2v) is 24.1. The molecule has 10 nitrogen and oxygen atoms in total. The third kappa shape index (κ3) is 10.7. The first-order chi connectivity index (χ1) is 42.9. The van der Waals surface area contributed by atoms with Crippen LogP contribution < -0.4 is 9.80 Å². The lowest BCUT2D eigenvalue weighted by molar-refractivity contribution is 0.569. The predicted octanol–water partition coefficient (Wildman–Crippen LogP) is 19.7. The van der Waals surface area contributed by atoms with Gasteiger partial charge in [-0.3, -0.25) is 4.90 Å². The van der Waals surface area contributed by atoms with E-state index in [0.717, 1.165) is 95.5 Å². The van der Waals surface area contributed by atoms with Crippen LogP contribution in [-0.2, 0) is 10.8 Å². The molecule has 1 aliphatic heterocycles. The van der Waals surface area contributed by atoms with Gasteiger partial charge in [0.2, 0.25) is 5.95 Å². The van der Waals surface area contributed by atoms with Gasteiger partial charge in [0.15, 0.2) is 34.9 Å². The van der Waals surface area contributed by atoms with Crippen molar-refractivity contribution >= 4 is 34.4 Å². The summed E-state index contributed by atoms with van der Waals surface area (Å²) in [6.07, 6.45) is 0. The third-order valence-electron chi connectivity index (χ3n) is 16.0. The van der Waals surface area contributed by atoms with Gasteiger partial charge in [-0.15, -0.1) is 0 Å². The van der Waals surface area contributed by atoms with Crippen LogP contribution in [-0.4, -0.2) is 39.9 Å². The van der Waals surface area contributed by atoms with E-state index >= 15 is 0 Å². The van der Waals surface area contributed by atoms with Crippen LogP contribution in [0.4, 0.5) is 34.4 Å². The Labute approximate surface area is 513 Å². The maximum absolute atomic E-state index is 5.68. The zero-order valence-corrected chi connectivity index (χ0v) is 49.9. The molecule has 0 aliphatic carbocycles. The van der Waals surface area contributed by atoms with Gasteiger partial charge >= 0.3 is 0 Å². The molecule has 0 unspecified atom stereocenters. The predicted molar refractivity (Wildman–Crippen MR) is 358 cm³/mol. The summed E-state index contributed by atoms with van der Waals surface area (Å²) < 4.78 is 0. The van der Waals surface area contributed by atoms with Gasteiger partial charge in [-0.05, 0) is 63.9 Å². The topological polar surface area (TPSA) is 110 Å². The van der Waals surface area contributed by atoms with E-state index in [2.05, 4.69) is 197 Å². The van der Waals surface area contributed by atoms with Crippen molar-refractivity contribution in [3.05, 3.63) is 278 Å². The summed E-state index contributed by atoms with van der Waals surface area (Å²) >= 11 is 0. The molecule has 88 heavy (non-hydrogen) atoms. The molecule has 0 saturated heterocycles. The fraction of sp³-hybridized carbons (Fsp3) is 0.103. The SMILES string of the molecule is CC(C)(C)c1cc(-c2c(-c3cc(-c4ccccc4)nc(-c4ccccc4)n3)ccc(N3c4ccccc4N(c4nc(-c5ccccc5)nc(-c5ccccc5)n4)c4ccccc43)c2-c2nc(-c3ccccc3)nc(-c3ccccc3)n2)cc(C(C)(C)C)c1. The Morgan fingerprint density at radius 3 is 0.966 bits per heavy atom. The number of fused-ring (bicyclic) bond motifs is 2. The summed E-state index contributed by atoms with van der Waals surface area (Å²) in [4.78, 5) is 47.9. The summed E-state index contributed by atoms with van der Waals surface area (Å²) in [7, 11) is 0. The van der Waals surface area contributed by atoms with Crippen molar-refractivity contribution in [2.75, 3.05) is 9.80 Å². The molecule has 10 heteroatoms. The fourth-order valence-electron chi connectivity index (χ4n) is 11.5. The molecule has 0 spiro atoms. The van der Waals surface area contributed by atoms with E-state index in [1.165, 1.54) is 11.1 Å². The van der Waals surface area contributed by atoms with E-state index in [4.69, 9.17) is 39.9 Å². The maximum Gasteiger partial charge on any atom is 0.238 e. The summed E-state index contributed by atoms with van der Waals surface area (Å²) in [6.45, 7) is 13.7. The number of rotatable bonds is 11. The highest BCUT2D eigenvalue weighted by Crippen LogP contribution is 2.57. The molecule has 0 saturated carbocycles. The number of hydrogen-bond donors (Lipinski definition) is 0. The summed E-state index contributed by atoms with van der Waals surface area (Å²) in [5, 5.41) is 0. The van der Waals surface area contributed by atoms with E-state index in [0.29, 0.717) is 40.9 Å². The van der Waals surface area contributed by atoms with Gasteiger partial charge in [0.25, 0.3) is 0 Å². The average molecular weight is 1140 g/mol. The van der Waals surface area contributed by atoms with Gasteiger partial charge < -0.3 is 4.90 Å². The molecule has 424 valence electrons. The molecule has 14 rings (SSSR count). The molecule has 4 heterocycles. The second-order valence-electron chi connectivity index (χ2n) is 24.1. The van der Waals surface area contributed by atoms with Crippen LogP contribution in [0, 0.1) is 0 Å². The third-order valence-corrected chi connectivity index (χ3v) is 16.0. The van der Waals surface area contributed by atoms with Gasteiger partial charge in [-0.25, -0.2) is 29.9 Å². The summed E-state index contributed by atoms with van der Waals surface area (Å²) in [6, 6.07) is 91.9. The smallest absolute Gasteiger partial charge is 0.238 e. The van der Waals surface area contributed by atoms with E-state index in [1.807, 2.05) is 121 Å². The Morgan fingerprint density at radius 2 is 0.568 bits per heavy atom. The Kier molecular flexibility index (Phi) is 14.2. The van der Waals surface area contributed by atoms with Gasteiger partial charge in [0.1, 0.15) is 0 Å². The molecule has 0 radical (unpaired) electrons. The van der Waals surface area contributed by atoms with Crippen molar-refractivity contribution in [2.24, 2.45) is 0 Å². The molecule has 0 N–H and O–H groups in total. The quantitative estimate of drug-likeness (QED) is 0.124. The normalized spacial score (nSPS) is 12.2. The van der Waals surface area contributed by atoms with Crippen LogP contribution in [0.3, 0.4) is 0 Å². The van der Waals surface area contributed by atoms with Gasteiger partial charge in [0, 0.05) is 44.5 Å². The highest BCUT2D eigenvalue weighted by atomic mass is 15.3. The monoisotopic (exact) mass is 1140 g/mol. The van der Waals surface area contributed by atoms with E-state index in [1.54, 1.807) is 0 Å². The minimum atomic E-state index is -0.248. The second kappa shape index (κ2) is 22.7. The lowest BCUT2D eigenvalue weighted by Crippen LogP contribution is -2.26. The Hall–Kier alpha value is -11.1. The van der Waals surface area contributed by atoms with Crippen LogP contribution in [0.25, 0.3) is 102 Å². The van der Waals surface area contributed by atoms with Crippen molar-refractivity contribution in [3.63, 3.8) is 0 Å². The van der Waals surface area contributed by atoms with Crippen molar-refractivity contribution in [2.45, 2.75) is 52.4 Å². The standard InChI is InChI=1S/C78H62N10/c1-77(2,3)58-47-57(48-59(49-58)78(4,5)6)68-60(62-50-61(51-29-13-7-14-30-51)79-70(80-62)52-31-15-8-16-32-52)45-46-67(69(68)75-83-71(53-33-17-9-18-34-53)81-72(84-75)54-35-19-10-20-36-54)87-63-41-25-27-43-65(63)88(66-44-28-26-42-64(66)87)76-85-73(55-37-21-11-22-38-55)82-74(86-76)56-39-23-12-24-40-56/h7-50H,1-6H3. The summed E-state index contributed by atoms with van der Waals surface area (Å²) in [5.41, 5.74) is 16.6. The molecule has 10 aromatic carbocycles. The number of para-hydroxylation sites is 4. The Balaban J connectivity index is 1.12. The van der Waals surface area contributed by atoms with Gasteiger partial charge in [0.05, 0.1) is 45.4 Å². The van der Waals surface area contributed by atoms with Gasteiger partial charge in [-0.2, -0.15) is 9.97 Å².